The van der Waals surface area contributed by atoms with Crippen molar-refractivity contribution in [3.05, 3.63) is 64.3 Å². The molecule has 0 bridgehead atoms. The molecule has 4 rings (SSSR count). The van der Waals surface area contributed by atoms with Gasteiger partial charge in [-0.1, -0.05) is 12.1 Å². The predicted octanol–water partition coefficient (Wildman–Crippen LogP) is 3.52. The molecular formula is C22H23N3O4S. The van der Waals surface area contributed by atoms with Crippen molar-refractivity contribution in [1.82, 2.24) is 9.78 Å². The van der Waals surface area contributed by atoms with Crippen LogP contribution in [0.15, 0.2) is 36.4 Å². The Bertz CT molecular complexity index is 1150. The molecule has 1 N–H and O–H groups in total. The van der Waals surface area contributed by atoms with E-state index in [4.69, 9.17) is 9.47 Å². The van der Waals surface area contributed by atoms with E-state index in [1.165, 1.54) is 14.2 Å². The van der Waals surface area contributed by atoms with Gasteiger partial charge in [-0.3, -0.25) is 9.00 Å². The third-order valence-electron chi connectivity index (χ3n) is 5.32. The summed E-state index contributed by atoms with van der Waals surface area (Å²) in [5.41, 5.74) is 5.05. The van der Waals surface area contributed by atoms with Crippen LogP contribution in [0.4, 0.5) is 5.82 Å². The van der Waals surface area contributed by atoms with Crippen molar-refractivity contribution in [2.24, 2.45) is 0 Å². The molecule has 7 nitrogen and oxygen atoms in total. The molecule has 0 fully saturated rings. The molecule has 30 heavy (non-hydrogen) atoms. The number of methoxy groups -OCH3 is 2. The van der Waals surface area contributed by atoms with Crippen molar-refractivity contribution >= 4 is 22.5 Å². The summed E-state index contributed by atoms with van der Waals surface area (Å²) in [6.45, 7) is 4.06. The lowest BCUT2D eigenvalue weighted by Gasteiger charge is -2.15. The molecule has 0 saturated carbocycles. The number of aryl methyl sites for hydroxylation is 1. The van der Waals surface area contributed by atoms with Crippen molar-refractivity contribution in [3.8, 4) is 17.2 Å². The number of hydrogen-bond acceptors (Lipinski definition) is 5. The van der Waals surface area contributed by atoms with Crippen LogP contribution in [-0.2, 0) is 22.3 Å². The van der Waals surface area contributed by atoms with Crippen LogP contribution < -0.4 is 14.8 Å². The SMILES string of the molecule is COc1cc(OC)cc(C(=O)Nc2c3c(nn2-c2cccc(C)c2C)C[S@@](=O)C3)c1. The van der Waals surface area contributed by atoms with Gasteiger partial charge in [0.05, 0.1) is 37.1 Å². The summed E-state index contributed by atoms with van der Waals surface area (Å²) in [7, 11) is 2.06. The first kappa shape index (κ1) is 20.2. The Morgan fingerprint density at radius 2 is 1.80 bits per heavy atom. The quantitative estimate of drug-likeness (QED) is 0.676. The maximum Gasteiger partial charge on any atom is 0.257 e. The van der Waals surface area contributed by atoms with Crippen LogP contribution in [0.25, 0.3) is 5.69 Å². The molecule has 8 heteroatoms. The molecule has 2 heterocycles. The zero-order valence-electron chi connectivity index (χ0n) is 17.3. The van der Waals surface area contributed by atoms with Crippen molar-refractivity contribution < 1.29 is 18.5 Å². The zero-order valence-corrected chi connectivity index (χ0v) is 18.1. The number of carbonyl (C=O) groups is 1. The van der Waals surface area contributed by atoms with Gasteiger partial charge in [0.2, 0.25) is 0 Å². The zero-order chi connectivity index (χ0) is 21.4. The molecule has 1 aliphatic heterocycles. The van der Waals surface area contributed by atoms with Gasteiger partial charge in [0, 0.05) is 28.0 Å². The maximum absolute atomic E-state index is 13.1. The largest absolute Gasteiger partial charge is 0.497 e. The highest BCUT2D eigenvalue weighted by atomic mass is 32.2. The third kappa shape index (κ3) is 3.59. The molecule has 1 atom stereocenters. The van der Waals surface area contributed by atoms with Gasteiger partial charge in [0.1, 0.15) is 17.3 Å². The summed E-state index contributed by atoms with van der Waals surface area (Å²) in [4.78, 5) is 13.1. The van der Waals surface area contributed by atoms with Crippen molar-refractivity contribution in [1.29, 1.82) is 0 Å². The fraction of sp³-hybridized carbons (Fsp3) is 0.273. The number of anilines is 1. The molecule has 2 aromatic carbocycles. The summed E-state index contributed by atoms with van der Waals surface area (Å²) in [5.74, 6) is 2.04. The van der Waals surface area contributed by atoms with E-state index in [0.717, 1.165) is 28.1 Å². The Labute approximate surface area is 177 Å². The number of nitrogens with zero attached hydrogens (tertiary/aromatic N) is 2. The van der Waals surface area contributed by atoms with Gasteiger partial charge in [-0.2, -0.15) is 5.10 Å². The minimum Gasteiger partial charge on any atom is -0.497 e. The van der Waals surface area contributed by atoms with Crippen molar-refractivity contribution in [2.45, 2.75) is 25.4 Å². The van der Waals surface area contributed by atoms with E-state index >= 15 is 0 Å². The summed E-state index contributed by atoms with van der Waals surface area (Å²) >= 11 is 0. The Kier molecular flexibility index (Phi) is 5.34. The molecule has 0 saturated heterocycles. The van der Waals surface area contributed by atoms with Crippen molar-refractivity contribution in [2.75, 3.05) is 19.5 Å². The van der Waals surface area contributed by atoms with E-state index in [1.54, 1.807) is 22.9 Å². The first-order valence-electron chi connectivity index (χ1n) is 9.48. The van der Waals surface area contributed by atoms with Gasteiger partial charge in [-0.25, -0.2) is 4.68 Å². The van der Waals surface area contributed by atoms with Crippen LogP contribution in [0, 0.1) is 13.8 Å². The second-order valence-corrected chi connectivity index (χ2v) is 8.65. The van der Waals surface area contributed by atoms with Crippen molar-refractivity contribution in [3.63, 3.8) is 0 Å². The van der Waals surface area contributed by atoms with E-state index in [2.05, 4.69) is 10.4 Å². The highest BCUT2D eigenvalue weighted by Gasteiger charge is 2.29. The fourth-order valence-electron chi connectivity index (χ4n) is 3.51. The number of carbonyl (C=O) groups excluding carboxylic acids is 1. The predicted molar refractivity (Wildman–Crippen MR) is 116 cm³/mol. The third-order valence-corrected chi connectivity index (χ3v) is 6.53. The smallest absolute Gasteiger partial charge is 0.257 e. The molecule has 1 amide bonds. The van der Waals surface area contributed by atoms with Crippen LogP contribution in [0.5, 0.6) is 11.5 Å². The van der Waals surface area contributed by atoms with E-state index in [0.29, 0.717) is 34.4 Å². The number of rotatable bonds is 5. The van der Waals surface area contributed by atoms with Crippen LogP contribution in [-0.4, -0.2) is 34.1 Å². The minimum atomic E-state index is -1.01. The lowest BCUT2D eigenvalue weighted by Crippen LogP contribution is -2.17. The van der Waals surface area contributed by atoms with Gasteiger partial charge in [-0.15, -0.1) is 0 Å². The van der Waals surface area contributed by atoms with E-state index < -0.39 is 10.8 Å². The molecule has 0 aliphatic carbocycles. The lowest BCUT2D eigenvalue weighted by atomic mass is 10.1. The Balaban J connectivity index is 1.78. The summed E-state index contributed by atoms with van der Waals surface area (Å²) < 4.78 is 24.4. The number of benzene rings is 2. The molecule has 1 aliphatic rings. The van der Waals surface area contributed by atoms with Gasteiger partial charge in [0.25, 0.3) is 5.91 Å². The molecule has 156 valence electrons. The van der Waals surface area contributed by atoms with Gasteiger partial charge in [0.15, 0.2) is 0 Å². The minimum absolute atomic E-state index is 0.320. The second-order valence-electron chi connectivity index (χ2n) is 7.19. The molecule has 1 aromatic heterocycles. The van der Waals surface area contributed by atoms with E-state index in [9.17, 15) is 9.00 Å². The average Bonchev–Trinajstić information content (AvgIpc) is 3.26. The number of nitrogens with one attached hydrogen (secondary N) is 1. The normalized spacial score (nSPS) is 15.0. The summed E-state index contributed by atoms with van der Waals surface area (Å²) in [5, 5.41) is 7.68. The van der Waals surface area contributed by atoms with Gasteiger partial charge >= 0.3 is 0 Å². The molecular weight excluding hydrogens is 402 g/mol. The first-order valence-corrected chi connectivity index (χ1v) is 11.0. The topological polar surface area (TPSA) is 82.4 Å². The Morgan fingerprint density at radius 1 is 1.10 bits per heavy atom. The monoisotopic (exact) mass is 425 g/mol. The first-order chi connectivity index (χ1) is 14.4. The fourth-order valence-corrected chi connectivity index (χ4v) is 4.78. The van der Waals surface area contributed by atoms with Crippen LogP contribution in [0.2, 0.25) is 0 Å². The lowest BCUT2D eigenvalue weighted by molar-refractivity contribution is 0.102. The molecule has 0 radical (unpaired) electrons. The Morgan fingerprint density at radius 3 is 2.47 bits per heavy atom. The number of fused-ring (bicyclic) bond motifs is 1. The number of amides is 1. The molecule has 0 unspecified atom stereocenters. The van der Waals surface area contributed by atoms with Gasteiger partial charge < -0.3 is 14.8 Å². The van der Waals surface area contributed by atoms with Gasteiger partial charge in [-0.05, 0) is 43.2 Å². The van der Waals surface area contributed by atoms with Crippen LogP contribution >= 0.6 is 0 Å². The summed E-state index contributed by atoms with van der Waals surface area (Å²) in [6, 6.07) is 11.0. The highest BCUT2D eigenvalue weighted by molar-refractivity contribution is 7.83. The summed E-state index contributed by atoms with van der Waals surface area (Å²) in [6.07, 6.45) is 0. The number of hydrogen-bond donors (Lipinski definition) is 1. The number of ether oxygens (including phenoxy) is 2. The Hall–Kier alpha value is -3.13. The standard InChI is InChI=1S/C22H23N3O4S/c1-13-6-5-7-20(14(13)2)25-21(18-11-30(27)12-19(18)24-25)23-22(26)15-8-16(28-3)10-17(9-15)29-4/h5-10H,11-12H2,1-4H3,(H,23,26)/t30-/m0/s1. The number of aromatic nitrogens is 2. The van der Waals surface area contributed by atoms with Crippen LogP contribution in [0.1, 0.15) is 32.7 Å². The average molecular weight is 426 g/mol. The molecule has 0 spiro atoms. The molecule has 3 aromatic rings. The van der Waals surface area contributed by atoms with Crippen LogP contribution in [0.3, 0.4) is 0 Å². The van der Waals surface area contributed by atoms with E-state index in [-0.39, 0.29) is 5.91 Å². The highest BCUT2D eigenvalue weighted by Crippen LogP contribution is 2.33. The van der Waals surface area contributed by atoms with E-state index in [1.807, 2.05) is 32.0 Å². The maximum atomic E-state index is 13.1. The second kappa shape index (κ2) is 7.95.